The molecule has 0 saturated heterocycles. The monoisotopic (exact) mass is 211 g/mol. The largest absolute Gasteiger partial charge is 0.263 e. The van der Waals surface area contributed by atoms with E-state index in [1.54, 1.807) is 11.3 Å². The Morgan fingerprint density at radius 3 is 2.67 bits per heavy atom. The molecule has 0 saturated carbocycles. The molecule has 72 valence electrons. The summed E-state index contributed by atoms with van der Waals surface area (Å²) >= 11 is 1.79. The van der Waals surface area contributed by atoms with Crippen LogP contribution in [0.25, 0.3) is 20.5 Å². The van der Waals surface area contributed by atoms with E-state index in [1.165, 1.54) is 20.5 Å². The van der Waals surface area contributed by atoms with E-state index < -0.39 is 0 Å². The molecule has 0 unspecified atom stereocenters. The number of thiophene rings is 1. The van der Waals surface area contributed by atoms with Crippen LogP contribution < -0.4 is 0 Å². The molecule has 0 aliphatic rings. The average molecular weight is 211 g/mol. The van der Waals surface area contributed by atoms with E-state index in [0.717, 1.165) is 0 Å². The van der Waals surface area contributed by atoms with E-state index in [1.807, 2.05) is 18.5 Å². The number of benzene rings is 1. The maximum atomic E-state index is 4.13. The van der Waals surface area contributed by atoms with Gasteiger partial charge in [-0.05, 0) is 23.1 Å². The molecule has 0 aliphatic heterocycles. The fourth-order valence-electron chi connectivity index (χ4n) is 1.63. The molecule has 0 N–H and O–H groups in total. The average Bonchev–Trinajstić information content (AvgIpc) is 2.74. The van der Waals surface area contributed by atoms with E-state index in [0.29, 0.717) is 0 Å². The van der Waals surface area contributed by atoms with Crippen LogP contribution in [0.2, 0.25) is 0 Å². The zero-order valence-electron chi connectivity index (χ0n) is 8.05. The summed E-state index contributed by atoms with van der Waals surface area (Å²) in [4.78, 5) is 5.43. The lowest BCUT2D eigenvalue weighted by atomic mass is 10.2. The van der Waals surface area contributed by atoms with Gasteiger partial charge < -0.3 is 0 Å². The molecule has 2 heterocycles. The predicted octanol–water partition coefficient (Wildman–Crippen LogP) is 3.96. The minimum atomic E-state index is 1.25. The molecule has 15 heavy (non-hydrogen) atoms. The first-order chi connectivity index (χ1) is 7.43. The van der Waals surface area contributed by atoms with Gasteiger partial charge in [0.05, 0.1) is 4.70 Å². The Hall–Kier alpha value is -1.67. The lowest BCUT2D eigenvalue weighted by molar-refractivity contribution is 1.37. The third kappa shape index (κ3) is 1.53. The van der Waals surface area contributed by atoms with Gasteiger partial charge >= 0.3 is 0 Å². The molecule has 1 nitrogen and oxygen atoms in total. The van der Waals surface area contributed by atoms with Crippen molar-refractivity contribution in [2.75, 3.05) is 0 Å². The summed E-state index contributed by atoms with van der Waals surface area (Å²) in [5.41, 5.74) is 1.28. The van der Waals surface area contributed by atoms with Crippen LogP contribution >= 0.6 is 11.3 Å². The normalized spacial score (nSPS) is 10.7. The molecule has 0 aliphatic carbocycles. The highest BCUT2D eigenvalue weighted by Crippen LogP contribution is 2.32. The first-order valence-corrected chi connectivity index (χ1v) is 5.64. The minimum Gasteiger partial charge on any atom is -0.263 e. The SMILES string of the molecule is c1ccc(-c2cc3ccncc3s2)cc1. The molecular formula is C13H9NS. The van der Waals surface area contributed by atoms with Gasteiger partial charge in [-0.1, -0.05) is 30.3 Å². The third-order valence-corrected chi connectivity index (χ3v) is 3.52. The number of aromatic nitrogens is 1. The summed E-state index contributed by atoms with van der Waals surface area (Å²) in [6, 6.07) is 14.7. The predicted molar refractivity (Wildman–Crippen MR) is 65.1 cm³/mol. The minimum absolute atomic E-state index is 1.25. The lowest BCUT2D eigenvalue weighted by Gasteiger charge is -1.93. The summed E-state index contributed by atoms with van der Waals surface area (Å²) in [5, 5.41) is 1.27. The van der Waals surface area contributed by atoms with Crippen molar-refractivity contribution < 1.29 is 0 Å². The Morgan fingerprint density at radius 2 is 1.87 bits per heavy atom. The first kappa shape index (κ1) is 8.62. The van der Waals surface area contributed by atoms with Gasteiger partial charge in [0.15, 0.2) is 0 Å². The van der Waals surface area contributed by atoms with Crippen LogP contribution in [0.3, 0.4) is 0 Å². The smallest absolute Gasteiger partial charge is 0.0532 e. The molecule has 0 fully saturated rings. The number of hydrogen-bond donors (Lipinski definition) is 0. The van der Waals surface area contributed by atoms with Gasteiger partial charge in [0.25, 0.3) is 0 Å². The van der Waals surface area contributed by atoms with Crippen LogP contribution in [0.4, 0.5) is 0 Å². The molecule has 3 rings (SSSR count). The summed E-state index contributed by atoms with van der Waals surface area (Å²) in [6.07, 6.45) is 3.76. The fraction of sp³-hybridized carbons (Fsp3) is 0. The number of nitrogens with zero attached hydrogens (tertiary/aromatic N) is 1. The van der Waals surface area contributed by atoms with Crippen molar-refractivity contribution in [3.05, 3.63) is 54.9 Å². The highest BCUT2D eigenvalue weighted by atomic mass is 32.1. The van der Waals surface area contributed by atoms with Gasteiger partial charge in [-0.3, -0.25) is 4.98 Å². The molecule has 0 atom stereocenters. The van der Waals surface area contributed by atoms with Gasteiger partial charge in [-0.2, -0.15) is 0 Å². The zero-order valence-corrected chi connectivity index (χ0v) is 8.87. The van der Waals surface area contributed by atoms with Crippen molar-refractivity contribution in [2.24, 2.45) is 0 Å². The second-order valence-corrected chi connectivity index (χ2v) is 4.47. The van der Waals surface area contributed by atoms with Crippen LogP contribution in [-0.4, -0.2) is 4.98 Å². The summed E-state index contributed by atoms with van der Waals surface area (Å²) in [5.74, 6) is 0. The number of hydrogen-bond acceptors (Lipinski definition) is 2. The van der Waals surface area contributed by atoms with Crippen molar-refractivity contribution in [3.8, 4) is 10.4 Å². The van der Waals surface area contributed by atoms with Crippen LogP contribution in [0.15, 0.2) is 54.9 Å². The molecule has 2 heteroatoms. The van der Waals surface area contributed by atoms with Crippen LogP contribution in [-0.2, 0) is 0 Å². The molecule has 0 amide bonds. The van der Waals surface area contributed by atoms with Crippen LogP contribution in [0, 0.1) is 0 Å². The van der Waals surface area contributed by atoms with Crippen molar-refractivity contribution in [2.45, 2.75) is 0 Å². The van der Waals surface area contributed by atoms with Gasteiger partial charge in [0.1, 0.15) is 0 Å². The van der Waals surface area contributed by atoms with Crippen LogP contribution in [0.5, 0.6) is 0 Å². The Morgan fingerprint density at radius 1 is 1.00 bits per heavy atom. The van der Waals surface area contributed by atoms with Gasteiger partial charge in [0.2, 0.25) is 0 Å². The molecule has 3 aromatic rings. The van der Waals surface area contributed by atoms with E-state index in [9.17, 15) is 0 Å². The highest BCUT2D eigenvalue weighted by Gasteiger charge is 2.02. The van der Waals surface area contributed by atoms with Crippen molar-refractivity contribution in [1.29, 1.82) is 0 Å². The molecule has 0 radical (unpaired) electrons. The van der Waals surface area contributed by atoms with Crippen LogP contribution in [0.1, 0.15) is 0 Å². The Labute approximate surface area is 92.0 Å². The molecule has 0 spiro atoms. The van der Waals surface area contributed by atoms with E-state index >= 15 is 0 Å². The van der Waals surface area contributed by atoms with E-state index in [2.05, 4.69) is 41.4 Å². The second kappa shape index (κ2) is 3.48. The topological polar surface area (TPSA) is 12.9 Å². The summed E-state index contributed by atoms with van der Waals surface area (Å²) in [7, 11) is 0. The van der Waals surface area contributed by atoms with Gasteiger partial charge in [-0.15, -0.1) is 11.3 Å². The second-order valence-electron chi connectivity index (χ2n) is 3.39. The molecule has 2 aromatic heterocycles. The summed E-state index contributed by atoms with van der Waals surface area (Å²) in [6.45, 7) is 0. The first-order valence-electron chi connectivity index (χ1n) is 4.82. The van der Waals surface area contributed by atoms with Crippen molar-refractivity contribution in [3.63, 3.8) is 0 Å². The third-order valence-electron chi connectivity index (χ3n) is 2.38. The quantitative estimate of drug-likeness (QED) is 0.593. The number of rotatable bonds is 1. The van der Waals surface area contributed by atoms with Crippen molar-refractivity contribution in [1.82, 2.24) is 4.98 Å². The van der Waals surface area contributed by atoms with Crippen molar-refractivity contribution >= 4 is 21.4 Å². The van der Waals surface area contributed by atoms with Gasteiger partial charge in [-0.25, -0.2) is 0 Å². The number of fused-ring (bicyclic) bond motifs is 1. The zero-order chi connectivity index (χ0) is 10.1. The Bertz CT molecular complexity index is 551. The number of pyridine rings is 1. The standard InChI is InChI=1S/C13H9NS/c1-2-4-10(5-3-1)12-8-11-6-7-14-9-13(11)15-12/h1-9H. The highest BCUT2D eigenvalue weighted by molar-refractivity contribution is 7.22. The maximum Gasteiger partial charge on any atom is 0.0532 e. The maximum absolute atomic E-state index is 4.13. The van der Waals surface area contributed by atoms with Gasteiger partial charge in [0, 0.05) is 17.3 Å². The fourth-order valence-corrected chi connectivity index (χ4v) is 2.66. The lowest BCUT2D eigenvalue weighted by Crippen LogP contribution is -1.67. The Kier molecular flexibility index (Phi) is 2.00. The summed E-state index contributed by atoms with van der Waals surface area (Å²) < 4.78 is 1.25. The molecular weight excluding hydrogens is 202 g/mol. The van der Waals surface area contributed by atoms with E-state index in [4.69, 9.17) is 0 Å². The Balaban J connectivity index is 2.21. The molecule has 1 aromatic carbocycles. The molecule has 0 bridgehead atoms. The van der Waals surface area contributed by atoms with E-state index in [-0.39, 0.29) is 0 Å².